The standard InChI is InChI=1S/C25H30N2/c26-20-24(23-14-8-3-9-15-23)16-17-25(27,18-21-10-4-1-5-11-21)19-22-12-6-2-7-13-22/h1-15,24H,16-20,26-27H2. The monoisotopic (exact) mass is 358 g/mol. The average Bonchev–Trinajstić information content (AvgIpc) is 2.71. The van der Waals surface area contributed by atoms with Gasteiger partial charge in [-0.25, -0.2) is 0 Å². The van der Waals surface area contributed by atoms with E-state index in [9.17, 15) is 0 Å². The summed E-state index contributed by atoms with van der Waals surface area (Å²) in [6, 6.07) is 31.7. The molecule has 3 rings (SSSR count). The molecule has 0 aromatic heterocycles. The normalized spacial score (nSPS) is 12.7. The Balaban J connectivity index is 1.76. The van der Waals surface area contributed by atoms with Gasteiger partial charge >= 0.3 is 0 Å². The number of rotatable bonds is 9. The van der Waals surface area contributed by atoms with Gasteiger partial charge in [0.1, 0.15) is 0 Å². The highest BCUT2D eigenvalue weighted by Gasteiger charge is 2.27. The molecule has 0 radical (unpaired) electrons. The van der Waals surface area contributed by atoms with E-state index in [1.807, 2.05) is 0 Å². The molecule has 0 aliphatic heterocycles. The lowest BCUT2D eigenvalue weighted by molar-refractivity contribution is 0.361. The van der Waals surface area contributed by atoms with Crippen molar-refractivity contribution in [1.82, 2.24) is 0 Å². The Hall–Kier alpha value is -2.42. The predicted molar refractivity (Wildman–Crippen MR) is 115 cm³/mol. The molecule has 0 bridgehead atoms. The lowest BCUT2D eigenvalue weighted by Crippen LogP contribution is -2.45. The minimum absolute atomic E-state index is 0.287. The van der Waals surface area contributed by atoms with Gasteiger partial charge in [0.05, 0.1) is 0 Å². The maximum atomic E-state index is 7.00. The van der Waals surface area contributed by atoms with Crippen LogP contribution >= 0.6 is 0 Å². The Morgan fingerprint density at radius 2 is 1.11 bits per heavy atom. The molecular formula is C25H30N2. The fourth-order valence-corrected chi connectivity index (χ4v) is 3.85. The van der Waals surface area contributed by atoms with Gasteiger partial charge in [-0.2, -0.15) is 0 Å². The number of hydrogen-bond acceptors (Lipinski definition) is 2. The largest absolute Gasteiger partial charge is 0.330 e. The van der Waals surface area contributed by atoms with Gasteiger partial charge in [0, 0.05) is 5.54 Å². The summed E-state index contributed by atoms with van der Waals surface area (Å²) in [4.78, 5) is 0. The van der Waals surface area contributed by atoms with Crippen molar-refractivity contribution >= 4 is 0 Å². The summed E-state index contributed by atoms with van der Waals surface area (Å²) in [7, 11) is 0. The summed E-state index contributed by atoms with van der Waals surface area (Å²) in [5.74, 6) is 0.348. The third-order valence-electron chi connectivity index (χ3n) is 5.34. The van der Waals surface area contributed by atoms with Crippen molar-refractivity contribution < 1.29 is 0 Å². The van der Waals surface area contributed by atoms with Gasteiger partial charge in [0.15, 0.2) is 0 Å². The Morgan fingerprint density at radius 3 is 1.56 bits per heavy atom. The van der Waals surface area contributed by atoms with E-state index < -0.39 is 0 Å². The fourth-order valence-electron chi connectivity index (χ4n) is 3.85. The second-order valence-corrected chi connectivity index (χ2v) is 7.57. The van der Waals surface area contributed by atoms with Gasteiger partial charge in [-0.05, 0) is 54.8 Å². The highest BCUT2D eigenvalue weighted by Crippen LogP contribution is 2.28. The smallest absolute Gasteiger partial charge is 0.0236 e. The lowest BCUT2D eigenvalue weighted by Gasteiger charge is -2.32. The van der Waals surface area contributed by atoms with Crippen molar-refractivity contribution in [2.75, 3.05) is 6.54 Å². The average molecular weight is 359 g/mol. The Bertz CT molecular complexity index is 743. The van der Waals surface area contributed by atoms with Crippen molar-refractivity contribution in [2.24, 2.45) is 11.5 Å². The molecule has 0 saturated heterocycles. The minimum Gasteiger partial charge on any atom is -0.330 e. The summed E-state index contributed by atoms with van der Waals surface area (Å²) in [6.07, 6.45) is 3.67. The molecule has 3 aromatic carbocycles. The van der Waals surface area contributed by atoms with E-state index in [-0.39, 0.29) is 5.54 Å². The first kappa shape index (κ1) is 19.3. The molecule has 27 heavy (non-hydrogen) atoms. The molecule has 1 unspecified atom stereocenters. The summed E-state index contributed by atoms with van der Waals surface area (Å²) < 4.78 is 0. The molecule has 140 valence electrons. The molecule has 0 aliphatic carbocycles. The van der Waals surface area contributed by atoms with Crippen LogP contribution in [0.4, 0.5) is 0 Å². The number of hydrogen-bond donors (Lipinski definition) is 2. The van der Waals surface area contributed by atoms with E-state index in [1.165, 1.54) is 16.7 Å². The van der Waals surface area contributed by atoms with Crippen LogP contribution < -0.4 is 11.5 Å². The van der Waals surface area contributed by atoms with E-state index in [1.54, 1.807) is 0 Å². The molecular weight excluding hydrogens is 328 g/mol. The van der Waals surface area contributed by atoms with Crippen molar-refractivity contribution in [3.05, 3.63) is 108 Å². The highest BCUT2D eigenvalue weighted by molar-refractivity contribution is 5.24. The number of benzene rings is 3. The lowest BCUT2D eigenvalue weighted by atomic mass is 9.79. The van der Waals surface area contributed by atoms with E-state index in [0.29, 0.717) is 12.5 Å². The summed E-state index contributed by atoms with van der Waals surface area (Å²) in [6.45, 7) is 0.650. The quantitative estimate of drug-likeness (QED) is 0.583. The van der Waals surface area contributed by atoms with Crippen molar-refractivity contribution in [1.29, 1.82) is 0 Å². The third kappa shape index (κ3) is 5.78. The maximum Gasteiger partial charge on any atom is 0.0236 e. The van der Waals surface area contributed by atoms with Crippen LogP contribution in [0.25, 0.3) is 0 Å². The summed E-state index contributed by atoms with van der Waals surface area (Å²) in [5, 5.41) is 0. The molecule has 2 heteroatoms. The van der Waals surface area contributed by atoms with Crippen molar-refractivity contribution in [2.45, 2.75) is 37.1 Å². The van der Waals surface area contributed by atoms with Gasteiger partial charge in [0.25, 0.3) is 0 Å². The second kappa shape index (κ2) is 9.50. The van der Waals surface area contributed by atoms with E-state index in [0.717, 1.165) is 25.7 Å². The van der Waals surface area contributed by atoms with E-state index in [4.69, 9.17) is 11.5 Å². The van der Waals surface area contributed by atoms with Crippen LogP contribution in [0.15, 0.2) is 91.0 Å². The summed E-state index contributed by atoms with van der Waals surface area (Å²) >= 11 is 0. The molecule has 0 spiro atoms. The van der Waals surface area contributed by atoms with E-state index in [2.05, 4.69) is 91.0 Å². The van der Waals surface area contributed by atoms with Crippen LogP contribution in [0.5, 0.6) is 0 Å². The van der Waals surface area contributed by atoms with Crippen LogP contribution in [0.2, 0.25) is 0 Å². The Morgan fingerprint density at radius 1 is 0.667 bits per heavy atom. The first-order valence-electron chi connectivity index (χ1n) is 9.80. The first-order valence-corrected chi connectivity index (χ1v) is 9.80. The molecule has 0 fully saturated rings. The van der Waals surface area contributed by atoms with Gasteiger partial charge < -0.3 is 11.5 Å². The van der Waals surface area contributed by atoms with Crippen molar-refractivity contribution in [3.8, 4) is 0 Å². The predicted octanol–water partition coefficient (Wildman–Crippen LogP) is 4.69. The van der Waals surface area contributed by atoms with Gasteiger partial charge in [-0.15, -0.1) is 0 Å². The zero-order valence-corrected chi connectivity index (χ0v) is 15.9. The molecule has 4 N–H and O–H groups in total. The minimum atomic E-state index is -0.287. The SMILES string of the molecule is NCC(CCC(N)(Cc1ccccc1)Cc1ccccc1)c1ccccc1. The molecule has 0 aliphatic rings. The maximum absolute atomic E-state index is 7.00. The molecule has 0 saturated carbocycles. The van der Waals surface area contributed by atoms with Gasteiger partial charge in [-0.3, -0.25) is 0 Å². The number of nitrogens with two attached hydrogens (primary N) is 2. The van der Waals surface area contributed by atoms with Crippen LogP contribution in [-0.2, 0) is 12.8 Å². The molecule has 0 heterocycles. The topological polar surface area (TPSA) is 52.0 Å². The van der Waals surface area contributed by atoms with Gasteiger partial charge in [-0.1, -0.05) is 91.0 Å². The van der Waals surface area contributed by atoms with E-state index >= 15 is 0 Å². The fraction of sp³-hybridized carbons (Fsp3) is 0.280. The zero-order chi connectivity index (χ0) is 19.0. The zero-order valence-electron chi connectivity index (χ0n) is 15.9. The highest BCUT2D eigenvalue weighted by atomic mass is 14.7. The first-order chi connectivity index (χ1) is 13.2. The van der Waals surface area contributed by atoms with Crippen LogP contribution in [0, 0.1) is 0 Å². The van der Waals surface area contributed by atoms with Crippen LogP contribution in [-0.4, -0.2) is 12.1 Å². The molecule has 0 amide bonds. The molecule has 1 atom stereocenters. The third-order valence-corrected chi connectivity index (χ3v) is 5.34. The molecule has 3 aromatic rings. The summed E-state index contributed by atoms with van der Waals surface area (Å²) in [5.41, 5.74) is 16.7. The van der Waals surface area contributed by atoms with Crippen LogP contribution in [0.3, 0.4) is 0 Å². The molecule has 2 nitrogen and oxygen atoms in total. The Kier molecular flexibility index (Phi) is 6.80. The second-order valence-electron chi connectivity index (χ2n) is 7.57. The van der Waals surface area contributed by atoms with Crippen LogP contribution in [0.1, 0.15) is 35.4 Å². The van der Waals surface area contributed by atoms with Gasteiger partial charge in [0.2, 0.25) is 0 Å². The Labute approximate surface area is 163 Å². The van der Waals surface area contributed by atoms with Crippen molar-refractivity contribution in [3.63, 3.8) is 0 Å².